The maximum atomic E-state index is 13.5. The maximum absolute atomic E-state index is 13.5. The molecule has 29 heavy (non-hydrogen) atoms. The van der Waals surface area contributed by atoms with E-state index in [-0.39, 0.29) is 24.8 Å². The molecule has 1 fully saturated rings. The number of aliphatic hydroxyl groups is 1. The van der Waals surface area contributed by atoms with Crippen molar-refractivity contribution >= 4 is 23.4 Å². The standard InChI is InChI=1S/C19H25ClN6O3/c1-19(2,3)16(18(29)25-9-12(27)7-15(25)17(28)21-4)26-10-14(23-24-26)13-6-5-11(20)8-22-13/h5-6,8,10,12,15-16,27H,7,9H2,1-4H3,(H,21,28)/t12?,15-,16?/m1/s1. The number of nitrogens with one attached hydrogen (secondary N) is 1. The summed E-state index contributed by atoms with van der Waals surface area (Å²) in [5.41, 5.74) is 0.574. The molecule has 2 aromatic rings. The summed E-state index contributed by atoms with van der Waals surface area (Å²) >= 11 is 5.88. The van der Waals surface area contributed by atoms with Crippen molar-refractivity contribution in [3.8, 4) is 11.4 Å². The van der Waals surface area contributed by atoms with Gasteiger partial charge in [0.2, 0.25) is 11.8 Å². The normalized spacial score (nSPS) is 20.6. The van der Waals surface area contributed by atoms with Gasteiger partial charge >= 0.3 is 0 Å². The molecule has 2 N–H and O–H groups in total. The molecule has 1 aliphatic rings. The Morgan fingerprint density at radius 3 is 2.62 bits per heavy atom. The number of carbonyl (C=O) groups excluding carboxylic acids is 2. The van der Waals surface area contributed by atoms with Gasteiger partial charge in [-0.15, -0.1) is 5.10 Å². The van der Waals surface area contributed by atoms with Gasteiger partial charge in [-0.3, -0.25) is 14.6 Å². The molecular formula is C19H25ClN6O3. The van der Waals surface area contributed by atoms with Crippen LogP contribution in [0.4, 0.5) is 0 Å². The third-order valence-corrected chi connectivity index (χ3v) is 5.15. The van der Waals surface area contributed by atoms with Gasteiger partial charge in [-0.1, -0.05) is 37.6 Å². The van der Waals surface area contributed by atoms with Crippen molar-refractivity contribution in [3.63, 3.8) is 0 Å². The van der Waals surface area contributed by atoms with Crippen LogP contribution < -0.4 is 5.32 Å². The Kier molecular flexibility index (Phi) is 5.90. The number of halogens is 1. The van der Waals surface area contributed by atoms with Crippen LogP contribution in [0.2, 0.25) is 5.02 Å². The molecule has 0 aromatic carbocycles. The van der Waals surface area contributed by atoms with Crippen LogP contribution in [0.15, 0.2) is 24.5 Å². The summed E-state index contributed by atoms with van der Waals surface area (Å²) in [6, 6.07) is 2.00. The van der Waals surface area contributed by atoms with E-state index in [1.807, 2.05) is 20.8 Å². The maximum Gasteiger partial charge on any atom is 0.248 e. The minimum atomic E-state index is -0.744. The van der Waals surface area contributed by atoms with Crippen molar-refractivity contribution in [2.45, 2.75) is 45.4 Å². The minimum Gasteiger partial charge on any atom is -0.391 e. The van der Waals surface area contributed by atoms with E-state index in [4.69, 9.17) is 11.6 Å². The molecule has 3 atom stereocenters. The molecule has 0 bridgehead atoms. The second kappa shape index (κ2) is 8.08. The van der Waals surface area contributed by atoms with Gasteiger partial charge in [0.15, 0.2) is 0 Å². The van der Waals surface area contributed by atoms with Gasteiger partial charge in [0, 0.05) is 26.2 Å². The van der Waals surface area contributed by atoms with Crippen molar-refractivity contribution < 1.29 is 14.7 Å². The number of pyridine rings is 1. The Balaban J connectivity index is 1.94. The van der Waals surface area contributed by atoms with Crippen LogP contribution >= 0.6 is 11.6 Å². The van der Waals surface area contributed by atoms with Crippen LogP contribution in [0.3, 0.4) is 0 Å². The van der Waals surface area contributed by atoms with Gasteiger partial charge in [-0.2, -0.15) is 0 Å². The number of β-amino-alcohol motifs (C(OH)–C–C–N with tert-alkyl or cyclic N) is 1. The van der Waals surface area contributed by atoms with Crippen LogP contribution in [0, 0.1) is 5.41 Å². The van der Waals surface area contributed by atoms with E-state index in [1.165, 1.54) is 22.8 Å². The first-order valence-corrected chi connectivity index (χ1v) is 9.73. The summed E-state index contributed by atoms with van der Waals surface area (Å²) in [4.78, 5) is 31.4. The quantitative estimate of drug-likeness (QED) is 0.770. The molecule has 1 saturated heterocycles. The first-order valence-electron chi connectivity index (χ1n) is 9.35. The number of likely N-dealkylation sites (N-methyl/N-ethyl adjacent to an activating group) is 1. The minimum absolute atomic E-state index is 0.101. The zero-order valence-corrected chi connectivity index (χ0v) is 17.6. The van der Waals surface area contributed by atoms with Gasteiger partial charge in [-0.05, 0) is 17.5 Å². The van der Waals surface area contributed by atoms with Crippen LogP contribution in [0.5, 0.6) is 0 Å². The molecule has 3 rings (SSSR count). The monoisotopic (exact) mass is 420 g/mol. The number of nitrogens with zero attached hydrogens (tertiary/aromatic N) is 5. The highest BCUT2D eigenvalue weighted by Crippen LogP contribution is 2.34. The Labute approximate surface area is 174 Å². The van der Waals surface area contributed by atoms with E-state index < -0.39 is 23.6 Å². The summed E-state index contributed by atoms with van der Waals surface area (Å²) in [7, 11) is 1.51. The second-order valence-electron chi connectivity index (χ2n) is 8.22. The van der Waals surface area contributed by atoms with Crippen molar-refractivity contribution in [1.29, 1.82) is 0 Å². The molecule has 10 heteroatoms. The van der Waals surface area contributed by atoms with Crippen LogP contribution in [-0.2, 0) is 9.59 Å². The molecule has 1 aliphatic heterocycles. The third-order valence-electron chi connectivity index (χ3n) is 4.93. The van der Waals surface area contributed by atoms with Crippen molar-refractivity contribution in [2.24, 2.45) is 5.41 Å². The fourth-order valence-corrected chi connectivity index (χ4v) is 3.67. The molecular weight excluding hydrogens is 396 g/mol. The lowest BCUT2D eigenvalue weighted by molar-refractivity contribution is -0.144. The molecule has 0 saturated carbocycles. The van der Waals surface area contributed by atoms with Gasteiger partial charge in [0.25, 0.3) is 0 Å². The lowest BCUT2D eigenvalue weighted by Crippen LogP contribution is -2.49. The predicted octanol–water partition coefficient (Wildman–Crippen LogP) is 1.29. The molecule has 2 unspecified atom stereocenters. The molecule has 0 radical (unpaired) electrons. The fraction of sp³-hybridized carbons (Fsp3) is 0.526. The average molecular weight is 421 g/mol. The topological polar surface area (TPSA) is 113 Å². The highest BCUT2D eigenvalue weighted by Gasteiger charge is 2.45. The molecule has 0 spiro atoms. The van der Waals surface area contributed by atoms with Gasteiger partial charge < -0.3 is 15.3 Å². The second-order valence-corrected chi connectivity index (χ2v) is 8.66. The summed E-state index contributed by atoms with van der Waals surface area (Å²) in [5.74, 6) is -0.588. The fourth-order valence-electron chi connectivity index (χ4n) is 3.56. The summed E-state index contributed by atoms with van der Waals surface area (Å²) < 4.78 is 1.50. The highest BCUT2D eigenvalue weighted by molar-refractivity contribution is 6.30. The van der Waals surface area contributed by atoms with Crippen LogP contribution in [0.1, 0.15) is 33.2 Å². The summed E-state index contributed by atoms with van der Waals surface area (Å²) in [6.07, 6.45) is 2.64. The highest BCUT2D eigenvalue weighted by atomic mass is 35.5. The number of rotatable bonds is 4. The summed E-state index contributed by atoms with van der Waals surface area (Å²) in [6.45, 7) is 5.85. The Morgan fingerprint density at radius 2 is 2.03 bits per heavy atom. The SMILES string of the molecule is CNC(=O)[C@H]1CC(O)CN1C(=O)C(n1cc(-c2ccc(Cl)cn2)nn1)C(C)(C)C. The Morgan fingerprint density at radius 1 is 1.31 bits per heavy atom. The molecule has 156 valence electrons. The van der Waals surface area contributed by atoms with E-state index in [1.54, 1.807) is 18.3 Å². The lowest BCUT2D eigenvalue weighted by atomic mass is 9.85. The third kappa shape index (κ3) is 4.40. The van der Waals surface area contributed by atoms with E-state index in [0.29, 0.717) is 16.4 Å². The number of carbonyl (C=O) groups is 2. The zero-order chi connectivity index (χ0) is 21.3. The van der Waals surface area contributed by atoms with Crippen molar-refractivity contribution in [2.75, 3.05) is 13.6 Å². The largest absolute Gasteiger partial charge is 0.391 e. The van der Waals surface area contributed by atoms with E-state index >= 15 is 0 Å². The first kappa shape index (κ1) is 21.2. The first-order chi connectivity index (χ1) is 13.6. The molecule has 0 aliphatic carbocycles. The number of aromatic nitrogens is 4. The zero-order valence-electron chi connectivity index (χ0n) is 16.8. The average Bonchev–Trinajstić information content (AvgIpc) is 3.27. The number of aliphatic hydroxyl groups excluding tert-OH is 1. The van der Waals surface area contributed by atoms with Gasteiger partial charge in [0.1, 0.15) is 17.8 Å². The van der Waals surface area contributed by atoms with E-state index in [0.717, 1.165) is 0 Å². The number of amides is 2. The summed E-state index contributed by atoms with van der Waals surface area (Å²) in [5, 5.41) is 21.5. The Hall–Kier alpha value is -2.52. The van der Waals surface area contributed by atoms with Crippen LogP contribution in [-0.4, -0.2) is 67.5 Å². The Bertz CT molecular complexity index is 892. The van der Waals surface area contributed by atoms with Crippen molar-refractivity contribution in [3.05, 3.63) is 29.5 Å². The van der Waals surface area contributed by atoms with Crippen LogP contribution in [0.25, 0.3) is 11.4 Å². The van der Waals surface area contributed by atoms with Gasteiger partial charge in [0.05, 0.1) is 23.0 Å². The number of hydrogen-bond acceptors (Lipinski definition) is 6. The smallest absolute Gasteiger partial charge is 0.248 e. The van der Waals surface area contributed by atoms with Crippen molar-refractivity contribution in [1.82, 2.24) is 30.2 Å². The number of likely N-dealkylation sites (tertiary alicyclic amines) is 1. The van der Waals surface area contributed by atoms with E-state index in [2.05, 4.69) is 20.6 Å². The molecule has 3 heterocycles. The van der Waals surface area contributed by atoms with E-state index in [9.17, 15) is 14.7 Å². The number of hydrogen-bond donors (Lipinski definition) is 2. The molecule has 2 amide bonds. The predicted molar refractivity (Wildman–Crippen MR) is 107 cm³/mol. The lowest BCUT2D eigenvalue weighted by Gasteiger charge is -2.34. The molecule has 2 aromatic heterocycles. The molecule has 9 nitrogen and oxygen atoms in total. The van der Waals surface area contributed by atoms with Gasteiger partial charge in [-0.25, -0.2) is 4.68 Å².